The largest absolute Gasteiger partial charge is 0.396 e. The molecule has 0 atom stereocenters. The lowest BCUT2D eigenvalue weighted by Crippen LogP contribution is -2.08. The third-order valence-corrected chi connectivity index (χ3v) is 4.02. The minimum absolute atomic E-state index is 0.0117. The highest BCUT2D eigenvalue weighted by atomic mass is 16.1. The fourth-order valence-electron chi connectivity index (χ4n) is 2.52. The number of hydrogen-bond acceptors (Lipinski definition) is 2. The van der Waals surface area contributed by atoms with Gasteiger partial charge in [-0.3, -0.25) is 4.79 Å². The zero-order valence-electron chi connectivity index (χ0n) is 14.7. The van der Waals surface area contributed by atoms with Crippen LogP contribution in [0.4, 0.5) is 0 Å². The number of carbonyl (C=O) groups is 1. The Bertz CT molecular complexity index is 307. The van der Waals surface area contributed by atoms with E-state index >= 15 is 0 Å². The molecule has 2 heteroatoms. The Morgan fingerprint density at radius 2 is 1.27 bits per heavy atom. The summed E-state index contributed by atoms with van der Waals surface area (Å²) >= 11 is 0. The van der Waals surface area contributed by atoms with Crippen molar-refractivity contribution in [1.82, 2.24) is 0 Å². The zero-order valence-corrected chi connectivity index (χ0v) is 14.7. The molecule has 0 radical (unpaired) electrons. The molecule has 0 aromatic heterocycles. The SMILES string of the molecule is C=C(N)C(=O)CCCCCCC/C=C\CCCCCCCC. The average Bonchev–Trinajstić information content (AvgIpc) is 2.50. The Kier molecular flexibility index (Phi) is 15.5. The number of Topliss-reactive ketones (excluding diaryl/α,β-unsaturated/α-hetero) is 1. The maximum Gasteiger partial charge on any atom is 0.177 e. The molecule has 0 saturated heterocycles. The Labute approximate surface area is 138 Å². The molecule has 128 valence electrons. The summed E-state index contributed by atoms with van der Waals surface area (Å²) in [7, 11) is 0. The van der Waals surface area contributed by atoms with Crippen LogP contribution in [-0.4, -0.2) is 5.78 Å². The summed E-state index contributed by atoms with van der Waals surface area (Å²) in [4.78, 5) is 11.2. The number of rotatable bonds is 16. The highest BCUT2D eigenvalue weighted by Gasteiger charge is 2.01. The summed E-state index contributed by atoms with van der Waals surface area (Å²) in [6.45, 7) is 5.73. The van der Waals surface area contributed by atoms with Gasteiger partial charge in [-0.15, -0.1) is 0 Å². The molecule has 0 amide bonds. The van der Waals surface area contributed by atoms with Crippen molar-refractivity contribution in [2.24, 2.45) is 5.73 Å². The van der Waals surface area contributed by atoms with Gasteiger partial charge < -0.3 is 5.73 Å². The van der Waals surface area contributed by atoms with Crippen LogP contribution in [-0.2, 0) is 4.79 Å². The Balaban J connectivity index is 3.17. The molecule has 0 aliphatic rings. The summed E-state index contributed by atoms with van der Waals surface area (Å²) in [5.74, 6) is 0.0117. The van der Waals surface area contributed by atoms with Crippen LogP contribution in [0.3, 0.4) is 0 Å². The van der Waals surface area contributed by atoms with Crippen LogP contribution in [0.25, 0.3) is 0 Å². The summed E-state index contributed by atoms with van der Waals surface area (Å²) in [5.41, 5.74) is 5.55. The molecule has 0 unspecified atom stereocenters. The first-order chi connectivity index (χ1) is 10.7. The number of unbranched alkanes of at least 4 members (excludes halogenated alkanes) is 11. The van der Waals surface area contributed by atoms with E-state index in [1.807, 2.05) is 0 Å². The van der Waals surface area contributed by atoms with Gasteiger partial charge in [-0.1, -0.05) is 77.0 Å². The van der Waals surface area contributed by atoms with Gasteiger partial charge >= 0.3 is 0 Å². The van der Waals surface area contributed by atoms with Crippen molar-refractivity contribution in [2.45, 2.75) is 96.8 Å². The Morgan fingerprint density at radius 3 is 1.77 bits per heavy atom. The lowest BCUT2D eigenvalue weighted by molar-refractivity contribution is -0.115. The molecule has 0 aromatic rings. The van der Waals surface area contributed by atoms with Gasteiger partial charge in [0.2, 0.25) is 0 Å². The van der Waals surface area contributed by atoms with Gasteiger partial charge in [-0.05, 0) is 32.1 Å². The first kappa shape index (κ1) is 20.9. The minimum Gasteiger partial charge on any atom is -0.396 e. The molecular formula is C20H37NO. The van der Waals surface area contributed by atoms with E-state index in [1.54, 1.807) is 0 Å². The highest BCUT2D eigenvalue weighted by Crippen LogP contribution is 2.10. The second-order valence-electron chi connectivity index (χ2n) is 6.28. The van der Waals surface area contributed by atoms with E-state index in [0.717, 1.165) is 12.8 Å². The van der Waals surface area contributed by atoms with E-state index in [4.69, 9.17) is 5.73 Å². The molecule has 0 aliphatic carbocycles. The normalized spacial score (nSPS) is 11.1. The first-order valence-electron chi connectivity index (χ1n) is 9.31. The molecule has 2 N–H and O–H groups in total. The summed E-state index contributed by atoms with van der Waals surface area (Å²) in [6.07, 6.45) is 21.8. The number of nitrogens with two attached hydrogens (primary N) is 1. The summed E-state index contributed by atoms with van der Waals surface area (Å²) in [6, 6.07) is 0. The van der Waals surface area contributed by atoms with Gasteiger partial charge in [-0.25, -0.2) is 0 Å². The van der Waals surface area contributed by atoms with Gasteiger partial charge in [0.05, 0.1) is 5.70 Å². The molecule has 0 aromatic carbocycles. The van der Waals surface area contributed by atoms with Crippen LogP contribution in [0.15, 0.2) is 24.4 Å². The van der Waals surface area contributed by atoms with Crippen LogP contribution in [0, 0.1) is 0 Å². The summed E-state index contributed by atoms with van der Waals surface area (Å²) < 4.78 is 0. The summed E-state index contributed by atoms with van der Waals surface area (Å²) in [5, 5.41) is 0. The smallest absolute Gasteiger partial charge is 0.177 e. The van der Waals surface area contributed by atoms with Gasteiger partial charge in [0.15, 0.2) is 5.78 Å². The maximum absolute atomic E-state index is 11.2. The van der Waals surface area contributed by atoms with Crippen molar-refractivity contribution in [2.75, 3.05) is 0 Å². The lowest BCUT2D eigenvalue weighted by atomic mass is 10.1. The fraction of sp³-hybridized carbons (Fsp3) is 0.750. The van der Waals surface area contributed by atoms with Crippen molar-refractivity contribution >= 4 is 5.78 Å². The number of allylic oxidation sites excluding steroid dienone is 3. The zero-order chi connectivity index (χ0) is 16.5. The minimum atomic E-state index is 0.0117. The van der Waals surface area contributed by atoms with Gasteiger partial charge in [0.25, 0.3) is 0 Å². The molecule has 0 rings (SSSR count). The van der Waals surface area contributed by atoms with E-state index in [2.05, 4.69) is 25.7 Å². The highest BCUT2D eigenvalue weighted by molar-refractivity contribution is 5.93. The molecule has 2 nitrogen and oxygen atoms in total. The molecule has 22 heavy (non-hydrogen) atoms. The second kappa shape index (κ2) is 16.3. The van der Waals surface area contributed by atoms with Gasteiger partial charge in [0.1, 0.15) is 0 Å². The average molecular weight is 308 g/mol. The molecule has 0 fully saturated rings. The quantitative estimate of drug-likeness (QED) is 0.214. The van der Waals surface area contributed by atoms with E-state index < -0.39 is 0 Å². The van der Waals surface area contributed by atoms with Crippen LogP contribution in [0.5, 0.6) is 0 Å². The van der Waals surface area contributed by atoms with E-state index in [0.29, 0.717) is 6.42 Å². The second-order valence-corrected chi connectivity index (χ2v) is 6.28. The van der Waals surface area contributed by atoms with Crippen LogP contribution in [0.1, 0.15) is 96.8 Å². The molecule has 0 spiro atoms. The van der Waals surface area contributed by atoms with Crippen molar-refractivity contribution in [1.29, 1.82) is 0 Å². The third-order valence-electron chi connectivity index (χ3n) is 4.02. The van der Waals surface area contributed by atoms with Gasteiger partial charge in [0, 0.05) is 6.42 Å². The van der Waals surface area contributed by atoms with Crippen molar-refractivity contribution in [3.8, 4) is 0 Å². The first-order valence-corrected chi connectivity index (χ1v) is 9.31. The van der Waals surface area contributed by atoms with Crippen molar-refractivity contribution in [3.63, 3.8) is 0 Å². The van der Waals surface area contributed by atoms with Crippen molar-refractivity contribution in [3.05, 3.63) is 24.4 Å². The topological polar surface area (TPSA) is 43.1 Å². The molecular weight excluding hydrogens is 270 g/mol. The van der Waals surface area contributed by atoms with Crippen LogP contribution >= 0.6 is 0 Å². The molecule has 0 heterocycles. The Hall–Kier alpha value is -1.05. The predicted molar refractivity (Wildman–Crippen MR) is 97.8 cm³/mol. The van der Waals surface area contributed by atoms with Crippen molar-refractivity contribution < 1.29 is 4.79 Å². The van der Waals surface area contributed by atoms with Crippen LogP contribution < -0.4 is 5.73 Å². The van der Waals surface area contributed by atoms with Crippen LogP contribution in [0.2, 0.25) is 0 Å². The third kappa shape index (κ3) is 15.3. The maximum atomic E-state index is 11.2. The molecule has 0 bridgehead atoms. The lowest BCUT2D eigenvalue weighted by Gasteiger charge is -2.00. The predicted octanol–water partition coefficient (Wildman–Crippen LogP) is 6.07. The fourth-order valence-corrected chi connectivity index (χ4v) is 2.52. The van der Waals surface area contributed by atoms with E-state index in [9.17, 15) is 4.79 Å². The number of hydrogen-bond donors (Lipinski definition) is 1. The monoisotopic (exact) mass is 307 g/mol. The Morgan fingerprint density at radius 1 is 0.818 bits per heavy atom. The molecule has 0 saturated carbocycles. The van der Waals surface area contributed by atoms with E-state index in [1.165, 1.54) is 70.6 Å². The van der Waals surface area contributed by atoms with Gasteiger partial charge in [-0.2, -0.15) is 0 Å². The molecule has 0 aliphatic heterocycles. The standard InChI is InChI=1S/C20H37NO/c1-3-4-5-6-7-8-9-10-11-12-13-14-15-16-17-18-20(22)19(2)21/h10-11H,2-9,12-18,21H2,1H3/b11-10-. The number of carbonyl (C=O) groups excluding carboxylic acids is 1. The van der Waals surface area contributed by atoms with E-state index in [-0.39, 0.29) is 11.5 Å². The number of ketones is 1.